The van der Waals surface area contributed by atoms with Gasteiger partial charge in [-0.25, -0.2) is 13.6 Å². The lowest BCUT2D eigenvalue weighted by atomic mass is 10.1. The number of carbonyl (C=O) groups is 1. The fourth-order valence-corrected chi connectivity index (χ4v) is 1.42. The zero-order chi connectivity index (χ0) is 13.1. The first kappa shape index (κ1) is 12.1. The van der Waals surface area contributed by atoms with Gasteiger partial charge in [0.25, 0.3) is 0 Å². The highest BCUT2D eigenvalue weighted by atomic mass is 19.1. The van der Waals surface area contributed by atoms with E-state index >= 15 is 0 Å². The molecular weight excluding hydrogens is 242 g/mol. The highest BCUT2D eigenvalue weighted by Crippen LogP contribution is 2.23. The second kappa shape index (κ2) is 4.87. The minimum absolute atomic E-state index is 0.0123. The van der Waals surface area contributed by atoms with Crippen molar-refractivity contribution in [2.45, 2.75) is 0 Å². The fourth-order valence-electron chi connectivity index (χ4n) is 1.42. The average molecular weight is 250 g/mol. The summed E-state index contributed by atoms with van der Waals surface area (Å²) in [6, 6.07) is 6.09. The molecule has 1 heterocycles. The van der Waals surface area contributed by atoms with Crippen LogP contribution >= 0.6 is 0 Å². The van der Waals surface area contributed by atoms with E-state index in [1.54, 1.807) is 0 Å². The molecule has 0 aliphatic rings. The van der Waals surface area contributed by atoms with Crippen LogP contribution < -0.4 is 0 Å². The third-order valence-corrected chi connectivity index (χ3v) is 2.28. The molecule has 2 rings (SSSR count). The van der Waals surface area contributed by atoms with Gasteiger partial charge >= 0.3 is 5.97 Å². The molecule has 0 aliphatic heterocycles. The molecule has 0 atom stereocenters. The summed E-state index contributed by atoms with van der Waals surface area (Å²) >= 11 is 0. The van der Waals surface area contributed by atoms with Gasteiger partial charge in [-0.15, -0.1) is 10.2 Å². The number of ether oxygens (including phenoxy) is 1. The maximum Gasteiger partial charge on any atom is 0.358 e. The number of nitrogens with zero attached hydrogens (tertiary/aromatic N) is 2. The van der Waals surface area contributed by atoms with Crippen LogP contribution in [0, 0.1) is 11.6 Å². The molecule has 92 valence electrons. The standard InChI is InChI=1S/C12H8F2N2O2/c1-18-12(17)10-6-5-9(15-16-10)11-7(13)3-2-4-8(11)14/h2-6H,1H3. The summed E-state index contributed by atoms with van der Waals surface area (Å²) in [6.45, 7) is 0. The number of esters is 1. The monoisotopic (exact) mass is 250 g/mol. The Hall–Kier alpha value is -2.37. The second-order valence-corrected chi connectivity index (χ2v) is 3.39. The van der Waals surface area contributed by atoms with Gasteiger partial charge in [-0.3, -0.25) is 0 Å². The summed E-state index contributed by atoms with van der Waals surface area (Å²) in [5.74, 6) is -2.15. The zero-order valence-electron chi connectivity index (χ0n) is 9.35. The Morgan fingerprint density at radius 2 is 1.78 bits per heavy atom. The van der Waals surface area contributed by atoms with Gasteiger partial charge in [0, 0.05) is 0 Å². The Morgan fingerprint density at radius 1 is 1.11 bits per heavy atom. The summed E-state index contributed by atoms with van der Waals surface area (Å²) in [5.41, 5.74) is -0.294. The Balaban J connectivity index is 2.44. The van der Waals surface area contributed by atoms with Crippen LogP contribution in [0.1, 0.15) is 10.5 Å². The van der Waals surface area contributed by atoms with Crippen molar-refractivity contribution in [2.24, 2.45) is 0 Å². The van der Waals surface area contributed by atoms with Crippen molar-refractivity contribution < 1.29 is 18.3 Å². The van der Waals surface area contributed by atoms with E-state index in [9.17, 15) is 13.6 Å². The van der Waals surface area contributed by atoms with Crippen molar-refractivity contribution in [3.8, 4) is 11.3 Å². The van der Waals surface area contributed by atoms with Gasteiger partial charge in [0.15, 0.2) is 5.69 Å². The Morgan fingerprint density at radius 3 is 2.28 bits per heavy atom. The molecule has 0 bridgehead atoms. The summed E-state index contributed by atoms with van der Waals surface area (Å²) in [7, 11) is 1.20. The van der Waals surface area contributed by atoms with E-state index in [1.807, 2.05) is 0 Å². The molecule has 1 aromatic heterocycles. The Kier molecular flexibility index (Phi) is 3.27. The Labute approximate surface area is 101 Å². The third kappa shape index (κ3) is 2.17. The van der Waals surface area contributed by atoms with E-state index in [4.69, 9.17) is 0 Å². The van der Waals surface area contributed by atoms with Gasteiger partial charge < -0.3 is 4.74 Å². The third-order valence-electron chi connectivity index (χ3n) is 2.28. The predicted octanol–water partition coefficient (Wildman–Crippen LogP) is 2.21. The van der Waals surface area contributed by atoms with Crippen molar-refractivity contribution in [3.63, 3.8) is 0 Å². The first-order chi connectivity index (χ1) is 8.63. The normalized spacial score (nSPS) is 10.2. The van der Waals surface area contributed by atoms with E-state index in [1.165, 1.54) is 25.3 Å². The molecule has 4 nitrogen and oxygen atoms in total. The molecule has 0 saturated carbocycles. The first-order valence-electron chi connectivity index (χ1n) is 5.00. The van der Waals surface area contributed by atoms with Crippen LogP contribution in [0.2, 0.25) is 0 Å². The molecule has 0 spiro atoms. The number of rotatable bonds is 2. The Bertz CT molecular complexity index is 565. The quantitative estimate of drug-likeness (QED) is 0.767. The van der Waals surface area contributed by atoms with Crippen LogP contribution in [0.5, 0.6) is 0 Å². The minimum atomic E-state index is -0.741. The topological polar surface area (TPSA) is 52.1 Å². The van der Waals surface area contributed by atoms with E-state index in [2.05, 4.69) is 14.9 Å². The highest BCUT2D eigenvalue weighted by molar-refractivity contribution is 5.87. The maximum absolute atomic E-state index is 13.5. The number of benzene rings is 1. The maximum atomic E-state index is 13.5. The zero-order valence-corrected chi connectivity index (χ0v) is 9.35. The van der Waals surface area contributed by atoms with Gasteiger partial charge in [0.1, 0.15) is 11.6 Å². The molecule has 2 aromatic rings. The molecule has 0 fully saturated rings. The van der Waals surface area contributed by atoms with Crippen LogP contribution in [0.3, 0.4) is 0 Å². The summed E-state index contributed by atoms with van der Waals surface area (Å²) in [6.07, 6.45) is 0. The van der Waals surface area contributed by atoms with Crippen LogP contribution in [0.15, 0.2) is 30.3 Å². The number of hydrogen-bond acceptors (Lipinski definition) is 4. The number of aromatic nitrogens is 2. The molecule has 0 N–H and O–H groups in total. The highest BCUT2D eigenvalue weighted by Gasteiger charge is 2.14. The van der Waals surface area contributed by atoms with Crippen molar-refractivity contribution in [1.82, 2.24) is 10.2 Å². The van der Waals surface area contributed by atoms with E-state index < -0.39 is 17.6 Å². The lowest BCUT2D eigenvalue weighted by molar-refractivity contribution is 0.0593. The fraction of sp³-hybridized carbons (Fsp3) is 0.0833. The summed E-state index contributed by atoms with van der Waals surface area (Å²) in [4.78, 5) is 11.1. The van der Waals surface area contributed by atoms with E-state index in [0.29, 0.717) is 0 Å². The van der Waals surface area contributed by atoms with Gasteiger partial charge in [0.2, 0.25) is 0 Å². The van der Waals surface area contributed by atoms with Crippen molar-refractivity contribution in [1.29, 1.82) is 0 Å². The van der Waals surface area contributed by atoms with Crippen LogP contribution in [0.4, 0.5) is 8.78 Å². The number of hydrogen-bond donors (Lipinski definition) is 0. The number of methoxy groups -OCH3 is 1. The van der Waals surface area contributed by atoms with E-state index in [0.717, 1.165) is 12.1 Å². The van der Waals surface area contributed by atoms with Gasteiger partial charge in [0.05, 0.1) is 18.4 Å². The van der Waals surface area contributed by atoms with Crippen LogP contribution in [-0.2, 0) is 4.74 Å². The minimum Gasteiger partial charge on any atom is -0.464 e. The molecule has 0 radical (unpaired) electrons. The largest absolute Gasteiger partial charge is 0.464 e. The van der Waals surface area contributed by atoms with Gasteiger partial charge in [-0.1, -0.05) is 6.07 Å². The average Bonchev–Trinajstić information content (AvgIpc) is 2.38. The van der Waals surface area contributed by atoms with Gasteiger partial charge in [-0.05, 0) is 24.3 Å². The van der Waals surface area contributed by atoms with E-state index in [-0.39, 0.29) is 17.0 Å². The second-order valence-electron chi connectivity index (χ2n) is 3.39. The molecule has 18 heavy (non-hydrogen) atoms. The molecule has 1 aromatic carbocycles. The van der Waals surface area contributed by atoms with Gasteiger partial charge in [-0.2, -0.15) is 0 Å². The van der Waals surface area contributed by atoms with Crippen molar-refractivity contribution >= 4 is 5.97 Å². The van der Waals surface area contributed by atoms with Crippen molar-refractivity contribution in [3.05, 3.63) is 47.7 Å². The molecule has 0 aliphatic carbocycles. The lowest BCUT2D eigenvalue weighted by Gasteiger charge is -2.03. The SMILES string of the molecule is COC(=O)c1ccc(-c2c(F)cccc2F)nn1. The summed E-state index contributed by atoms with van der Waals surface area (Å²) in [5, 5.41) is 7.16. The molecule has 6 heteroatoms. The molecule has 0 saturated heterocycles. The predicted molar refractivity (Wildman–Crippen MR) is 58.7 cm³/mol. The van der Waals surface area contributed by atoms with Crippen LogP contribution in [0.25, 0.3) is 11.3 Å². The lowest BCUT2D eigenvalue weighted by Crippen LogP contribution is -2.06. The first-order valence-corrected chi connectivity index (χ1v) is 5.00. The van der Waals surface area contributed by atoms with Crippen LogP contribution in [-0.4, -0.2) is 23.3 Å². The number of halogens is 2. The number of carbonyl (C=O) groups excluding carboxylic acids is 1. The smallest absolute Gasteiger partial charge is 0.358 e. The molecule has 0 amide bonds. The molecular formula is C12H8F2N2O2. The van der Waals surface area contributed by atoms with Crippen molar-refractivity contribution in [2.75, 3.05) is 7.11 Å². The molecule has 0 unspecified atom stereocenters. The summed E-state index contributed by atoms with van der Waals surface area (Å²) < 4.78 is 31.4.